The van der Waals surface area contributed by atoms with Crippen molar-refractivity contribution < 1.29 is 9.59 Å². The fraction of sp³-hybridized carbons (Fsp3) is 0.833. The predicted molar refractivity (Wildman–Crippen MR) is 68.1 cm³/mol. The SMILES string of the molecule is CCN1CCN(C(=O)C(=O)N2CCNCC2)CC1. The van der Waals surface area contributed by atoms with Crippen LogP contribution >= 0.6 is 0 Å². The number of hydrogen-bond acceptors (Lipinski definition) is 4. The van der Waals surface area contributed by atoms with Crippen molar-refractivity contribution in [3.63, 3.8) is 0 Å². The zero-order valence-electron chi connectivity index (χ0n) is 11.0. The highest BCUT2D eigenvalue weighted by Crippen LogP contribution is 2.04. The summed E-state index contributed by atoms with van der Waals surface area (Å²) in [5, 5.41) is 3.18. The molecular weight excluding hydrogens is 232 g/mol. The number of amides is 2. The maximum atomic E-state index is 12.1. The largest absolute Gasteiger partial charge is 0.332 e. The van der Waals surface area contributed by atoms with Gasteiger partial charge in [0.05, 0.1) is 0 Å². The molecule has 0 bridgehead atoms. The Kier molecular flexibility index (Phi) is 4.54. The van der Waals surface area contributed by atoms with E-state index in [0.717, 1.165) is 32.7 Å². The summed E-state index contributed by atoms with van der Waals surface area (Å²) in [6.07, 6.45) is 0. The molecule has 2 aliphatic heterocycles. The van der Waals surface area contributed by atoms with Gasteiger partial charge in [0.15, 0.2) is 0 Å². The Labute approximate surface area is 108 Å². The van der Waals surface area contributed by atoms with Crippen molar-refractivity contribution in [2.75, 3.05) is 58.9 Å². The third-order valence-electron chi connectivity index (χ3n) is 3.69. The quantitative estimate of drug-likeness (QED) is 0.584. The van der Waals surface area contributed by atoms with Gasteiger partial charge in [0, 0.05) is 52.4 Å². The Bertz CT molecular complexity index is 307. The molecule has 102 valence electrons. The molecule has 18 heavy (non-hydrogen) atoms. The van der Waals surface area contributed by atoms with Gasteiger partial charge in [0.25, 0.3) is 0 Å². The van der Waals surface area contributed by atoms with Gasteiger partial charge in [-0.3, -0.25) is 9.59 Å². The highest BCUT2D eigenvalue weighted by Gasteiger charge is 2.29. The van der Waals surface area contributed by atoms with Gasteiger partial charge in [0.2, 0.25) is 0 Å². The van der Waals surface area contributed by atoms with E-state index < -0.39 is 0 Å². The van der Waals surface area contributed by atoms with Crippen molar-refractivity contribution >= 4 is 11.8 Å². The van der Waals surface area contributed by atoms with Crippen molar-refractivity contribution in [3.05, 3.63) is 0 Å². The second-order valence-electron chi connectivity index (χ2n) is 4.77. The molecule has 0 aromatic heterocycles. The molecule has 2 saturated heterocycles. The van der Waals surface area contributed by atoms with Gasteiger partial charge in [-0.25, -0.2) is 0 Å². The van der Waals surface area contributed by atoms with E-state index in [1.54, 1.807) is 9.80 Å². The van der Waals surface area contributed by atoms with Crippen molar-refractivity contribution in [1.82, 2.24) is 20.0 Å². The summed E-state index contributed by atoms with van der Waals surface area (Å²) in [5.41, 5.74) is 0. The van der Waals surface area contributed by atoms with E-state index in [4.69, 9.17) is 0 Å². The Balaban J connectivity index is 1.85. The standard InChI is InChI=1S/C12H22N4O2/c1-2-14-7-9-16(10-8-14)12(18)11(17)15-5-3-13-4-6-15/h13H,2-10H2,1H3. The minimum Gasteiger partial charge on any atom is -0.332 e. The predicted octanol–water partition coefficient (Wildman–Crippen LogP) is -1.42. The van der Waals surface area contributed by atoms with Gasteiger partial charge in [0.1, 0.15) is 0 Å². The molecule has 6 nitrogen and oxygen atoms in total. The summed E-state index contributed by atoms with van der Waals surface area (Å²) in [5.74, 6) is -0.658. The number of nitrogens with zero attached hydrogens (tertiary/aromatic N) is 3. The molecule has 0 spiro atoms. The van der Waals surface area contributed by atoms with Crippen LogP contribution in [0.2, 0.25) is 0 Å². The monoisotopic (exact) mass is 254 g/mol. The zero-order valence-corrected chi connectivity index (χ0v) is 11.0. The molecule has 2 fully saturated rings. The van der Waals surface area contributed by atoms with E-state index in [2.05, 4.69) is 17.1 Å². The third-order valence-corrected chi connectivity index (χ3v) is 3.69. The number of rotatable bonds is 1. The van der Waals surface area contributed by atoms with Crippen LogP contribution in [-0.2, 0) is 9.59 Å². The van der Waals surface area contributed by atoms with E-state index in [1.807, 2.05) is 0 Å². The second kappa shape index (κ2) is 6.15. The first kappa shape index (κ1) is 13.3. The lowest BCUT2D eigenvalue weighted by Crippen LogP contribution is -2.55. The lowest BCUT2D eigenvalue weighted by atomic mass is 10.3. The Morgan fingerprint density at radius 2 is 1.39 bits per heavy atom. The number of carbonyl (C=O) groups excluding carboxylic acids is 2. The van der Waals surface area contributed by atoms with E-state index in [-0.39, 0.29) is 11.8 Å². The summed E-state index contributed by atoms with van der Waals surface area (Å²) >= 11 is 0. The van der Waals surface area contributed by atoms with E-state index in [1.165, 1.54) is 0 Å². The Hall–Kier alpha value is -1.14. The van der Waals surface area contributed by atoms with E-state index in [0.29, 0.717) is 26.2 Å². The lowest BCUT2D eigenvalue weighted by molar-refractivity contribution is -0.153. The van der Waals surface area contributed by atoms with Crippen molar-refractivity contribution in [2.45, 2.75) is 6.92 Å². The summed E-state index contributed by atoms with van der Waals surface area (Å²) in [7, 11) is 0. The lowest BCUT2D eigenvalue weighted by Gasteiger charge is -2.35. The molecule has 0 aromatic rings. The fourth-order valence-electron chi connectivity index (χ4n) is 2.41. The van der Waals surface area contributed by atoms with Crippen LogP contribution in [0.25, 0.3) is 0 Å². The number of carbonyl (C=O) groups is 2. The second-order valence-corrected chi connectivity index (χ2v) is 4.77. The smallest absolute Gasteiger partial charge is 0.312 e. The molecule has 2 aliphatic rings. The first-order chi connectivity index (χ1) is 8.72. The van der Waals surface area contributed by atoms with Crippen LogP contribution in [0.15, 0.2) is 0 Å². The maximum absolute atomic E-state index is 12.1. The average Bonchev–Trinajstić information content (AvgIpc) is 2.47. The Morgan fingerprint density at radius 1 is 0.889 bits per heavy atom. The molecule has 0 unspecified atom stereocenters. The van der Waals surface area contributed by atoms with Gasteiger partial charge in [-0.1, -0.05) is 6.92 Å². The van der Waals surface area contributed by atoms with Crippen LogP contribution < -0.4 is 5.32 Å². The molecule has 2 amide bonds. The van der Waals surface area contributed by atoms with E-state index >= 15 is 0 Å². The fourth-order valence-corrected chi connectivity index (χ4v) is 2.41. The van der Waals surface area contributed by atoms with Crippen LogP contribution in [0.1, 0.15) is 6.92 Å². The molecule has 0 aromatic carbocycles. The van der Waals surface area contributed by atoms with Crippen molar-refractivity contribution in [1.29, 1.82) is 0 Å². The van der Waals surface area contributed by atoms with Gasteiger partial charge < -0.3 is 20.0 Å². The van der Waals surface area contributed by atoms with Gasteiger partial charge in [-0.15, -0.1) is 0 Å². The number of likely N-dealkylation sites (N-methyl/N-ethyl adjacent to an activating group) is 1. The topological polar surface area (TPSA) is 55.9 Å². The minimum atomic E-state index is -0.332. The molecule has 0 atom stereocenters. The zero-order chi connectivity index (χ0) is 13.0. The molecule has 2 heterocycles. The molecule has 0 aliphatic carbocycles. The first-order valence-electron chi connectivity index (χ1n) is 6.73. The normalized spacial score (nSPS) is 22.1. The van der Waals surface area contributed by atoms with Gasteiger partial charge >= 0.3 is 11.8 Å². The number of hydrogen-bond donors (Lipinski definition) is 1. The van der Waals surface area contributed by atoms with Crippen molar-refractivity contribution in [3.8, 4) is 0 Å². The molecule has 1 N–H and O–H groups in total. The molecule has 0 saturated carbocycles. The molecular formula is C12H22N4O2. The third kappa shape index (κ3) is 3.00. The van der Waals surface area contributed by atoms with Crippen molar-refractivity contribution in [2.24, 2.45) is 0 Å². The minimum absolute atomic E-state index is 0.326. The first-order valence-corrected chi connectivity index (χ1v) is 6.73. The van der Waals surface area contributed by atoms with Gasteiger partial charge in [-0.05, 0) is 6.54 Å². The molecule has 6 heteroatoms. The summed E-state index contributed by atoms with van der Waals surface area (Å²) in [6.45, 7) is 9.05. The average molecular weight is 254 g/mol. The van der Waals surface area contributed by atoms with E-state index in [9.17, 15) is 9.59 Å². The Morgan fingerprint density at radius 3 is 1.89 bits per heavy atom. The van der Waals surface area contributed by atoms with Crippen LogP contribution in [0.5, 0.6) is 0 Å². The van der Waals surface area contributed by atoms with Gasteiger partial charge in [-0.2, -0.15) is 0 Å². The van der Waals surface area contributed by atoms with Crippen LogP contribution in [0, 0.1) is 0 Å². The summed E-state index contributed by atoms with van der Waals surface area (Å²) in [6, 6.07) is 0. The summed E-state index contributed by atoms with van der Waals surface area (Å²) in [4.78, 5) is 29.8. The number of nitrogens with one attached hydrogen (secondary N) is 1. The highest BCUT2D eigenvalue weighted by molar-refractivity contribution is 6.34. The van der Waals surface area contributed by atoms with Crippen LogP contribution in [0.3, 0.4) is 0 Å². The highest BCUT2D eigenvalue weighted by atomic mass is 16.2. The number of piperazine rings is 2. The summed E-state index contributed by atoms with van der Waals surface area (Å²) < 4.78 is 0. The molecule has 0 radical (unpaired) electrons. The maximum Gasteiger partial charge on any atom is 0.312 e. The van der Waals surface area contributed by atoms with Crippen LogP contribution in [-0.4, -0.2) is 85.4 Å². The van der Waals surface area contributed by atoms with Crippen LogP contribution in [0.4, 0.5) is 0 Å². The molecule has 2 rings (SSSR count).